The third kappa shape index (κ3) is 2.54. The molecular weight excluding hydrogens is 228 g/mol. The molecule has 2 aliphatic heterocycles. The summed E-state index contributed by atoms with van der Waals surface area (Å²) >= 11 is 0. The van der Waals surface area contributed by atoms with Crippen molar-refractivity contribution < 1.29 is 9.53 Å². The Bertz CT molecular complexity index is 302. The number of likely N-dealkylation sites (tertiary alicyclic amines) is 1. The number of hydrogen-bond acceptors (Lipinski definition) is 3. The topological polar surface area (TPSA) is 41.6 Å². The zero-order chi connectivity index (χ0) is 12.4. The van der Waals surface area contributed by atoms with E-state index in [2.05, 4.69) is 10.2 Å². The molecule has 0 radical (unpaired) electrons. The summed E-state index contributed by atoms with van der Waals surface area (Å²) in [4.78, 5) is 14.6. The van der Waals surface area contributed by atoms with Crippen molar-refractivity contribution in [3.8, 4) is 0 Å². The van der Waals surface area contributed by atoms with Gasteiger partial charge in [0.1, 0.15) is 0 Å². The molecule has 1 saturated carbocycles. The molecular formula is C14H24N2O2. The lowest BCUT2D eigenvalue weighted by Crippen LogP contribution is -2.48. The highest BCUT2D eigenvalue weighted by Gasteiger charge is 2.37. The van der Waals surface area contributed by atoms with E-state index in [4.69, 9.17) is 4.74 Å². The van der Waals surface area contributed by atoms with E-state index in [9.17, 15) is 4.79 Å². The number of fused-ring (bicyclic) bond motifs is 1. The third-order valence-electron chi connectivity index (χ3n) is 4.72. The van der Waals surface area contributed by atoms with Crippen LogP contribution in [0.5, 0.6) is 0 Å². The fourth-order valence-corrected chi connectivity index (χ4v) is 3.83. The van der Waals surface area contributed by atoms with Crippen molar-refractivity contribution >= 4 is 5.91 Å². The molecule has 102 valence electrons. The first-order valence-corrected chi connectivity index (χ1v) is 7.46. The summed E-state index contributed by atoms with van der Waals surface area (Å²) in [5.74, 6) is 1.10. The van der Waals surface area contributed by atoms with Crippen LogP contribution in [0.15, 0.2) is 0 Å². The average Bonchev–Trinajstić information content (AvgIpc) is 2.87. The maximum atomic E-state index is 12.4. The van der Waals surface area contributed by atoms with Gasteiger partial charge in [-0.25, -0.2) is 0 Å². The van der Waals surface area contributed by atoms with Gasteiger partial charge in [0.2, 0.25) is 5.91 Å². The Morgan fingerprint density at radius 3 is 3.00 bits per heavy atom. The second-order valence-electron chi connectivity index (χ2n) is 5.89. The highest BCUT2D eigenvalue weighted by molar-refractivity contribution is 5.77. The predicted molar refractivity (Wildman–Crippen MR) is 69.3 cm³/mol. The van der Waals surface area contributed by atoms with E-state index in [1.165, 1.54) is 32.1 Å². The minimum absolute atomic E-state index is 0.0908. The van der Waals surface area contributed by atoms with Crippen molar-refractivity contribution in [3.63, 3.8) is 0 Å². The first kappa shape index (κ1) is 12.4. The van der Waals surface area contributed by atoms with Crippen molar-refractivity contribution in [2.45, 2.75) is 50.7 Å². The molecule has 3 atom stereocenters. The van der Waals surface area contributed by atoms with Crippen LogP contribution in [-0.4, -0.2) is 49.2 Å². The van der Waals surface area contributed by atoms with Crippen LogP contribution in [0.25, 0.3) is 0 Å². The van der Waals surface area contributed by atoms with Crippen LogP contribution >= 0.6 is 0 Å². The monoisotopic (exact) mass is 252 g/mol. The molecule has 3 unspecified atom stereocenters. The van der Waals surface area contributed by atoms with Gasteiger partial charge in [-0.1, -0.05) is 6.42 Å². The molecule has 1 aliphatic carbocycles. The summed E-state index contributed by atoms with van der Waals surface area (Å²) in [5, 5.41) is 3.29. The van der Waals surface area contributed by atoms with E-state index in [-0.39, 0.29) is 6.10 Å². The molecule has 4 heteroatoms. The lowest BCUT2D eigenvalue weighted by molar-refractivity contribution is -0.139. The van der Waals surface area contributed by atoms with Crippen LogP contribution in [0.1, 0.15) is 38.5 Å². The number of ether oxygens (including phenoxy) is 1. The number of carbonyl (C=O) groups excluding carboxylic acids is 1. The number of amides is 1. The van der Waals surface area contributed by atoms with E-state index in [0.29, 0.717) is 18.4 Å². The summed E-state index contributed by atoms with van der Waals surface area (Å²) in [7, 11) is 0. The Morgan fingerprint density at radius 2 is 2.17 bits per heavy atom. The molecule has 2 saturated heterocycles. The van der Waals surface area contributed by atoms with Crippen LogP contribution < -0.4 is 5.32 Å². The number of rotatable bonds is 2. The minimum atomic E-state index is 0.0908. The third-order valence-corrected chi connectivity index (χ3v) is 4.72. The Morgan fingerprint density at radius 1 is 1.28 bits per heavy atom. The largest absolute Gasteiger partial charge is 0.375 e. The number of nitrogens with zero attached hydrogens (tertiary/aromatic N) is 1. The van der Waals surface area contributed by atoms with Gasteiger partial charge in [0.05, 0.1) is 19.1 Å². The van der Waals surface area contributed by atoms with E-state index in [1.54, 1.807) is 0 Å². The average molecular weight is 252 g/mol. The Kier molecular flexibility index (Phi) is 3.85. The van der Waals surface area contributed by atoms with Gasteiger partial charge in [-0.15, -0.1) is 0 Å². The normalized spacial score (nSPS) is 36.4. The quantitative estimate of drug-likeness (QED) is 0.802. The summed E-state index contributed by atoms with van der Waals surface area (Å²) in [5.41, 5.74) is 0. The van der Waals surface area contributed by atoms with Crippen LogP contribution in [0.3, 0.4) is 0 Å². The van der Waals surface area contributed by atoms with Gasteiger partial charge < -0.3 is 15.0 Å². The molecule has 0 aromatic heterocycles. The first-order chi connectivity index (χ1) is 8.84. The van der Waals surface area contributed by atoms with E-state index in [0.717, 1.165) is 32.2 Å². The van der Waals surface area contributed by atoms with Gasteiger partial charge in [0.25, 0.3) is 0 Å². The van der Waals surface area contributed by atoms with Crippen LogP contribution in [0, 0.1) is 5.92 Å². The number of hydrogen-bond donors (Lipinski definition) is 1. The molecule has 3 aliphatic rings. The van der Waals surface area contributed by atoms with E-state index in [1.807, 2.05) is 0 Å². The number of piperidine rings is 1. The van der Waals surface area contributed by atoms with E-state index < -0.39 is 0 Å². The smallest absolute Gasteiger partial charge is 0.225 e. The second-order valence-corrected chi connectivity index (χ2v) is 5.89. The van der Waals surface area contributed by atoms with E-state index >= 15 is 0 Å². The molecule has 1 amide bonds. The summed E-state index contributed by atoms with van der Waals surface area (Å²) in [6, 6.07) is 0.544. The molecule has 1 N–H and O–H groups in total. The summed E-state index contributed by atoms with van der Waals surface area (Å²) in [6.07, 6.45) is 7.03. The predicted octanol–water partition coefficient (Wildman–Crippen LogP) is 1.16. The lowest BCUT2D eigenvalue weighted by Gasteiger charge is -2.38. The molecule has 0 spiro atoms. The summed E-state index contributed by atoms with van der Waals surface area (Å²) < 4.78 is 5.64. The van der Waals surface area contributed by atoms with Gasteiger partial charge in [-0.05, 0) is 31.6 Å². The van der Waals surface area contributed by atoms with Crippen molar-refractivity contribution in [2.75, 3.05) is 26.2 Å². The molecule has 4 nitrogen and oxygen atoms in total. The molecule has 3 rings (SSSR count). The maximum absolute atomic E-state index is 12.4. The number of morpholine rings is 1. The first-order valence-electron chi connectivity index (χ1n) is 7.46. The van der Waals surface area contributed by atoms with Gasteiger partial charge in [-0.2, -0.15) is 0 Å². The Balaban J connectivity index is 1.57. The van der Waals surface area contributed by atoms with Crippen LogP contribution in [-0.2, 0) is 9.53 Å². The highest BCUT2D eigenvalue weighted by atomic mass is 16.5. The lowest BCUT2D eigenvalue weighted by atomic mass is 9.91. The molecule has 3 fully saturated rings. The standard InChI is InChI=1S/C14H24N2O2/c17-14(9-12-10-15-6-8-18-12)16-7-2-4-11-3-1-5-13(11)16/h11-13,15H,1-10H2. The van der Waals surface area contributed by atoms with Crippen molar-refractivity contribution in [2.24, 2.45) is 5.92 Å². The SMILES string of the molecule is O=C(CC1CNCCO1)N1CCCC2CCCC21. The van der Waals surface area contributed by atoms with Crippen molar-refractivity contribution in [1.82, 2.24) is 10.2 Å². The second kappa shape index (κ2) is 5.57. The molecule has 0 aromatic carbocycles. The van der Waals surface area contributed by atoms with Crippen LogP contribution in [0.2, 0.25) is 0 Å². The highest BCUT2D eigenvalue weighted by Crippen LogP contribution is 2.37. The van der Waals surface area contributed by atoms with Gasteiger partial charge in [0.15, 0.2) is 0 Å². The van der Waals surface area contributed by atoms with Crippen molar-refractivity contribution in [1.29, 1.82) is 0 Å². The van der Waals surface area contributed by atoms with Gasteiger partial charge in [-0.3, -0.25) is 4.79 Å². The number of carbonyl (C=O) groups is 1. The zero-order valence-corrected chi connectivity index (χ0v) is 11.1. The minimum Gasteiger partial charge on any atom is -0.375 e. The van der Waals surface area contributed by atoms with Crippen molar-refractivity contribution in [3.05, 3.63) is 0 Å². The summed E-state index contributed by atoms with van der Waals surface area (Å²) in [6.45, 7) is 3.46. The molecule has 2 heterocycles. The zero-order valence-electron chi connectivity index (χ0n) is 11.1. The molecule has 0 bridgehead atoms. The Labute approximate surface area is 109 Å². The fraction of sp³-hybridized carbons (Fsp3) is 0.929. The fourth-order valence-electron chi connectivity index (χ4n) is 3.83. The van der Waals surface area contributed by atoms with Gasteiger partial charge >= 0.3 is 0 Å². The maximum Gasteiger partial charge on any atom is 0.225 e. The van der Waals surface area contributed by atoms with Crippen LogP contribution in [0.4, 0.5) is 0 Å². The Hall–Kier alpha value is -0.610. The molecule has 18 heavy (non-hydrogen) atoms. The molecule has 0 aromatic rings. The number of nitrogens with one attached hydrogen (secondary N) is 1. The van der Waals surface area contributed by atoms with Gasteiger partial charge in [0, 0.05) is 25.7 Å².